The molecule has 0 fully saturated rings. The van der Waals surface area contributed by atoms with Gasteiger partial charge in [0, 0.05) is 0 Å². The lowest BCUT2D eigenvalue weighted by Crippen LogP contribution is -1.89. The van der Waals surface area contributed by atoms with Crippen molar-refractivity contribution in [2.24, 2.45) is 10.9 Å². The van der Waals surface area contributed by atoms with Crippen LogP contribution in [0.25, 0.3) is 0 Å². The van der Waals surface area contributed by atoms with Crippen molar-refractivity contribution in [2.75, 3.05) is 6.61 Å². The Labute approximate surface area is 36.8 Å². The van der Waals surface area contributed by atoms with Gasteiger partial charge >= 0.3 is 0 Å². The van der Waals surface area contributed by atoms with E-state index < -0.39 is 0 Å². The topological polar surface area (TPSA) is 47.6 Å². The van der Waals surface area contributed by atoms with Crippen molar-refractivity contribution < 1.29 is 4.84 Å². The Hall–Kier alpha value is -0.730. The third-order valence-corrected chi connectivity index (χ3v) is 0.264. The maximum atomic E-state index is 4.80. The van der Waals surface area contributed by atoms with Crippen molar-refractivity contribution in [2.45, 2.75) is 6.92 Å². The average molecular weight is 88.1 g/mol. The first-order valence-electron chi connectivity index (χ1n) is 1.77. The highest BCUT2D eigenvalue weighted by molar-refractivity contribution is 5.49. The van der Waals surface area contributed by atoms with E-state index >= 15 is 0 Å². The summed E-state index contributed by atoms with van der Waals surface area (Å²) in [6.45, 7) is 2.42. The van der Waals surface area contributed by atoms with Crippen LogP contribution in [0.15, 0.2) is 5.16 Å². The number of hydrogen-bond donors (Lipinski definition) is 1. The molecule has 0 atom stereocenters. The third-order valence-electron chi connectivity index (χ3n) is 0.264. The molecule has 0 aliphatic carbocycles. The van der Waals surface area contributed by atoms with E-state index in [1.807, 2.05) is 6.92 Å². The summed E-state index contributed by atoms with van der Waals surface area (Å²) in [6.07, 6.45) is 1.11. The Bertz CT molecular complexity index is 44.1. The van der Waals surface area contributed by atoms with Gasteiger partial charge in [0.25, 0.3) is 0 Å². The van der Waals surface area contributed by atoms with Crippen LogP contribution in [0.2, 0.25) is 0 Å². The van der Waals surface area contributed by atoms with Gasteiger partial charge in [-0.1, -0.05) is 5.16 Å². The summed E-state index contributed by atoms with van der Waals surface area (Å²) < 4.78 is 0. The molecule has 3 heteroatoms. The van der Waals surface area contributed by atoms with Crippen molar-refractivity contribution in [3.05, 3.63) is 0 Å². The molecule has 0 aliphatic rings. The van der Waals surface area contributed by atoms with Crippen LogP contribution in [0, 0.1) is 0 Å². The quantitative estimate of drug-likeness (QED) is 0.291. The Morgan fingerprint density at radius 3 is 2.83 bits per heavy atom. The van der Waals surface area contributed by atoms with Crippen LogP contribution >= 0.6 is 0 Å². The first-order valence-corrected chi connectivity index (χ1v) is 1.77. The molecule has 3 nitrogen and oxygen atoms in total. The van der Waals surface area contributed by atoms with Crippen molar-refractivity contribution in [1.82, 2.24) is 0 Å². The van der Waals surface area contributed by atoms with Gasteiger partial charge in [-0.15, -0.1) is 0 Å². The molecule has 0 amide bonds. The molecule has 0 aromatic rings. The smallest absolute Gasteiger partial charge is 0.125 e. The fraction of sp³-hybridized carbons (Fsp3) is 0.667. The minimum absolute atomic E-state index is 0.577. The van der Waals surface area contributed by atoms with Gasteiger partial charge in [-0.2, -0.15) is 0 Å². The highest BCUT2D eigenvalue weighted by Crippen LogP contribution is 1.65. The van der Waals surface area contributed by atoms with E-state index in [0.29, 0.717) is 6.61 Å². The maximum absolute atomic E-state index is 4.80. The minimum Gasteiger partial charge on any atom is -0.395 e. The molecule has 0 aliphatic heterocycles. The molecule has 0 spiro atoms. The summed E-state index contributed by atoms with van der Waals surface area (Å²) in [7, 11) is 0. The predicted octanol–water partition coefficient (Wildman–Crippen LogP) is -0.0751. The summed E-state index contributed by atoms with van der Waals surface area (Å²) in [6, 6.07) is 0. The standard InChI is InChI=1S/C3H8N2O/c1-2-6-5-3-4/h3H,2H2,1H3,(H2,4,5). The second-order valence-corrected chi connectivity index (χ2v) is 0.672. The van der Waals surface area contributed by atoms with E-state index in [1.54, 1.807) is 0 Å². The number of nitrogens with zero attached hydrogens (tertiary/aromatic N) is 1. The number of hydrogen-bond acceptors (Lipinski definition) is 2. The molecule has 0 aromatic heterocycles. The van der Waals surface area contributed by atoms with Gasteiger partial charge in [-0.25, -0.2) is 0 Å². The van der Waals surface area contributed by atoms with Gasteiger partial charge in [0.2, 0.25) is 0 Å². The van der Waals surface area contributed by atoms with Gasteiger partial charge < -0.3 is 10.6 Å². The summed E-state index contributed by atoms with van der Waals surface area (Å²) in [5, 5.41) is 3.24. The molecule has 0 radical (unpaired) electrons. The second-order valence-electron chi connectivity index (χ2n) is 0.672. The molecule has 0 unspecified atom stereocenters. The Kier molecular flexibility index (Phi) is 3.75. The zero-order valence-electron chi connectivity index (χ0n) is 3.72. The van der Waals surface area contributed by atoms with Crippen LogP contribution in [-0.4, -0.2) is 12.9 Å². The lowest BCUT2D eigenvalue weighted by Gasteiger charge is -1.84. The van der Waals surface area contributed by atoms with Crippen molar-refractivity contribution in [1.29, 1.82) is 0 Å². The van der Waals surface area contributed by atoms with E-state index in [4.69, 9.17) is 5.73 Å². The van der Waals surface area contributed by atoms with Gasteiger partial charge in [-0.3, -0.25) is 0 Å². The molecule has 0 bridgehead atoms. The van der Waals surface area contributed by atoms with Gasteiger partial charge in [-0.05, 0) is 6.92 Å². The first-order chi connectivity index (χ1) is 2.91. The minimum atomic E-state index is 0.577. The van der Waals surface area contributed by atoms with Crippen LogP contribution < -0.4 is 5.73 Å². The van der Waals surface area contributed by atoms with Crippen LogP contribution in [0.4, 0.5) is 0 Å². The van der Waals surface area contributed by atoms with Crippen LogP contribution in [-0.2, 0) is 4.84 Å². The van der Waals surface area contributed by atoms with Gasteiger partial charge in [0.15, 0.2) is 0 Å². The van der Waals surface area contributed by atoms with E-state index in [2.05, 4.69) is 9.99 Å². The van der Waals surface area contributed by atoms with E-state index in [-0.39, 0.29) is 0 Å². The van der Waals surface area contributed by atoms with Crippen LogP contribution in [0.1, 0.15) is 6.92 Å². The fourth-order valence-corrected chi connectivity index (χ4v) is 0.118. The summed E-state index contributed by atoms with van der Waals surface area (Å²) >= 11 is 0. The molecule has 0 rings (SSSR count). The van der Waals surface area contributed by atoms with Crippen LogP contribution in [0.5, 0.6) is 0 Å². The summed E-state index contributed by atoms with van der Waals surface area (Å²) in [5.41, 5.74) is 4.80. The van der Waals surface area contributed by atoms with Crippen molar-refractivity contribution >= 4 is 6.34 Å². The molecule has 0 aromatic carbocycles. The van der Waals surface area contributed by atoms with E-state index in [1.165, 1.54) is 0 Å². The lowest BCUT2D eigenvalue weighted by atomic mass is 10.9. The Balaban J connectivity index is 2.66. The monoisotopic (exact) mass is 88.1 g/mol. The summed E-state index contributed by atoms with van der Waals surface area (Å²) in [4.78, 5) is 4.43. The lowest BCUT2D eigenvalue weighted by molar-refractivity contribution is 0.160. The molecule has 0 saturated heterocycles. The Morgan fingerprint density at radius 2 is 2.67 bits per heavy atom. The normalized spacial score (nSPS) is 9.50. The number of oxime groups is 1. The molecular weight excluding hydrogens is 80.0 g/mol. The zero-order valence-corrected chi connectivity index (χ0v) is 3.72. The highest BCUT2D eigenvalue weighted by Gasteiger charge is 1.61. The fourth-order valence-electron chi connectivity index (χ4n) is 0.118. The summed E-state index contributed by atoms with van der Waals surface area (Å²) in [5.74, 6) is 0. The molecule has 36 valence electrons. The highest BCUT2D eigenvalue weighted by atomic mass is 16.6. The van der Waals surface area contributed by atoms with E-state index in [9.17, 15) is 0 Å². The second kappa shape index (κ2) is 4.27. The molecule has 0 saturated carbocycles. The molecule has 6 heavy (non-hydrogen) atoms. The number of nitrogens with two attached hydrogens (primary N) is 1. The van der Waals surface area contributed by atoms with Gasteiger partial charge in [0.1, 0.15) is 12.9 Å². The average Bonchev–Trinajstić information content (AvgIpc) is 1.61. The predicted molar refractivity (Wildman–Crippen MR) is 24.3 cm³/mol. The third kappa shape index (κ3) is 3.27. The molecular formula is C3H8N2O. The maximum Gasteiger partial charge on any atom is 0.125 e. The Morgan fingerprint density at radius 1 is 2.00 bits per heavy atom. The van der Waals surface area contributed by atoms with E-state index in [0.717, 1.165) is 6.34 Å². The zero-order chi connectivity index (χ0) is 4.83. The molecule has 2 N–H and O–H groups in total. The first kappa shape index (κ1) is 5.27. The van der Waals surface area contributed by atoms with Gasteiger partial charge in [0.05, 0.1) is 0 Å². The largest absolute Gasteiger partial charge is 0.395 e. The van der Waals surface area contributed by atoms with Crippen molar-refractivity contribution in [3.63, 3.8) is 0 Å². The van der Waals surface area contributed by atoms with Crippen molar-refractivity contribution in [3.8, 4) is 0 Å². The SMILES string of the molecule is CCON=CN. The molecule has 0 heterocycles. The number of rotatable bonds is 2. The van der Waals surface area contributed by atoms with Crippen LogP contribution in [0.3, 0.4) is 0 Å².